The van der Waals surface area contributed by atoms with Gasteiger partial charge in [-0.3, -0.25) is 0 Å². The van der Waals surface area contributed by atoms with Crippen LogP contribution in [0.3, 0.4) is 0 Å². The summed E-state index contributed by atoms with van der Waals surface area (Å²) in [5.41, 5.74) is 0.629. The Labute approximate surface area is 118 Å². The summed E-state index contributed by atoms with van der Waals surface area (Å²) in [6.45, 7) is 3.31. The maximum Gasteiger partial charge on any atom is 0.129 e. The Hall–Kier alpha value is -0.410. The Balaban J connectivity index is 2.07. The molecule has 0 radical (unpaired) electrons. The molecule has 3 heteroatoms. The topological polar surface area (TPSA) is 9.23 Å². The maximum absolute atomic E-state index is 13.5. The van der Waals surface area contributed by atoms with E-state index >= 15 is 0 Å². The molecule has 0 aromatic heterocycles. The SMILES string of the molecule is CCCCCCCCOCc1ccc(Br)cc1F. The van der Waals surface area contributed by atoms with Gasteiger partial charge < -0.3 is 4.74 Å². The molecule has 0 saturated carbocycles. The summed E-state index contributed by atoms with van der Waals surface area (Å²) < 4.78 is 19.7. The molecule has 1 aromatic rings. The fourth-order valence-corrected chi connectivity index (χ4v) is 2.14. The molecule has 0 saturated heterocycles. The van der Waals surface area contributed by atoms with Gasteiger partial charge in [0.1, 0.15) is 5.82 Å². The van der Waals surface area contributed by atoms with Gasteiger partial charge in [-0.15, -0.1) is 0 Å². The molecule has 0 N–H and O–H groups in total. The molecular formula is C15H22BrFO. The number of unbranched alkanes of at least 4 members (excludes halogenated alkanes) is 5. The van der Waals surface area contributed by atoms with Crippen molar-refractivity contribution in [3.63, 3.8) is 0 Å². The van der Waals surface area contributed by atoms with Crippen LogP contribution in [0.5, 0.6) is 0 Å². The number of rotatable bonds is 9. The first-order valence-corrected chi connectivity index (χ1v) is 7.55. The van der Waals surface area contributed by atoms with Crippen LogP contribution in [0.15, 0.2) is 22.7 Å². The Morgan fingerprint density at radius 2 is 1.83 bits per heavy atom. The van der Waals surface area contributed by atoms with E-state index in [9.17, 15) is 4.39 Å². The van der Waals surface area contributed by atoms with E-state index in [0.717, 1.165) is 17.5 Å². The summed E-state index contributed by atoms with van der Waals surface area (Å²) in [4.78, 5) is 0. The van der Waals surface area contributed by atoms with E-state index in [2.05, 4.69) is 22.9 Å². The molecule has 0 aliphatic carbocycles. The summed E-state index contributed by atoms with van der Waals surface area (Å²) in [5.74, 6) is -0.202. The molecule has 0 heterocycles. The van der Waals surface area contributed by atoms with Gasteiger partial charge in [0.2, 0.25) is 0 Å². The van der Waals surface area contributed by atoms with Crippen LogP contribution in [0.1, 0.15) is 51.0 Å². The van der Waals surface area contributed by atoms with Gasteiger partial charge in [0.25, 0.3) is 0 Å². The van der Waals surface area contributed by atoms with Crippen LogP contribution < -0.4 is 0 Å². The molecule has 0 fully saturated rings. The predicted molar refractivity (Wildman–Crippen MR) is 77.1 cm³/mol. The van der Waals surface area contributed by atoms with Gasteiger partial charge in [-0.25, -0.2) is 4.39 Å². The Morgan fingerprint density at radius 1 is 1.11 bits per heavy atom. The lowest BCUT2D eigenvalue weighted by Crippen LogP contribution is -1.98. The zero-order chi connectivity index (χ0) is 13.2. The zero-order valence-electron chi connectivity index (χ0n) is 11.1. The number of halogens is 2. The highest BCUT2D eigenvalue weighted by Gasteiger charge is 2.02. The summed E-state index contributed by atoms with van der Waals surface area (Å²) in [5, 5.41) is 0. The monoisotopic (exact) mass is 316 g/mol. The van der Waals surface area contributed by atoms with Crippen LogP contribution in [-0.2, 0) is 11.3 Å². The number of ether oxygens (including phenoxy) is 1. The van der Waals surface area contributed by atoms with Gasteiger partial charge in [0.15, 0.2) is 0 Å². The molecule has 102 valence electrons. The lowest BCUT2D eigenvalue weighted by Gasteiger charge is -2.06. The van der Waals surface area contributed by atoms with E-state index in [4.69, 9.17) is 4.74 Å². The number of hydrogen-bond acceptors (Lipinski definition) is 1. The van der Waals surface area contributed by atoms with Crippen molar-refractivity contribution in [2.24, 2.45) is 0 Å². The fourth-order valence-electron chi connectivity index (χ4n) is 1.81. The van der Waals surface area contributed by atoms with E-state index in [0.29, 0.717) is 12.2 Å². The third kappa shape index (κ3) is 6.50. The van der Waals surface area contributed by atoms with Crippen molar-refractivity contribution >= 4 is 15.9 Å². The standard InChI is InChI=1S/C15H22BrFO/c1-2-3-4-5-6-7-10-18-12-13-8-9-14(16)11-15(13)17/h8-9,11H,2-7,10,12H2,1H3. The normalized spacial score (nSPS) is 10.8. The van der Waals surface area contributed by atoms with E-state index in [1.165, 1.54) is 38.2 Å². The molecule has 0 atom stereocenters. The second kappa shape index (κ2) is 9.51. The summed E-state index contributed by atoms with van der Waals surface area (Å²) in [6.07, 6.45) is 7.48. The third-order valence-electron chi connectivity index (χ3n) is 2.91. The zero-order valence-corrected chi connectivity index (χ0v) is 12.6. The van der Waals surface area contributed by atoms with Gasteiger partial charge >= 0.3 is 0 Å². The van der Waals surface area contributed by atoms with Crippen molar-refractivity contribution in [2.45, 2.75) is 52.1 Å². The van der Waals surface area contributed by atoms with Crippen LogP contribution in [0.4, 0.5) is 4.39 Å². The number of hydrogen-bond donors (Lipinski definition) is 0. The van der Waals surface area contributed by atoms with Crippen molar-refractivity contribution in [3.05, 3.63) is 34.1 Å². The van der Waals surface area contributed by atoms with E-state index < -0.39 is 0 Å². The molecule has 0 amide bonds. The van der Waals surface area contributed by atoms with Gasteiger partial charge in [-0.1, -0.05) is 61.0 Å². The maximum atomic E-state index is 13.5. The smallest absolute Gasteiger partial charge is 0.129 e. The van der Waals surface area contributed by atoms with Crippen molar-refractivity contribution in [2.75, 3.05) is 6.61 Å². The second-order valence-corrected chi connectivity index (χ2v) is 5.47. The van der Waals surface area contributed by atoms with E-state index in [1.807, 2.05) is 6.07 Å². The average molecular weight is 317 g/mol. The first-order valence-electron chi connectivity index (χ1n) is 6.75. The van der Waals surface area contributed by atoms with Gasteiger partial charge in [-0.05, 0) is 18.6 Å². The highest BCUT2D eigenvalue weighted by molar-refractivity contribution is 9.10. The van der Waals surface area contributed by atoms with Crippen LogP contribution >= 0.6 is 15.9 Å². The van der Waals surface area contributed by atoms with Crippen LogP contribution in [-0.4, -0.2) is 6.61 Å². The van der Waals surface area contributed by atoms with E-state index in [-0.39, 0.29) is 5.82 Å². The third-order valence-corrected chi connectivity index (χ3v) is 3.41. The molecule has 1 rings (SSSR count). The highest BCUT2D eigenvalue weighted by Crippen LogP contribution is 2.16. The van der Waals surface area contributed by atoms with Gasteiger partial charge in [0, 0.05) is 16.6 Å². The minimum absolute atomic E-state index is 0.202. The Morgan fingerprint density at radius 3 is 2.56 bits per heavy atom. The molecule has 18 heavy (non-hydrogen) atoms. The van der Waals surface area contributed by atoms with E-state index in [1.54, 1.807) is 6.07 Å². The first-order chi connectivity index (χ1) is 8.74. The van der Waals surface area contributed by atoms with Crippen molar-refractivity contribution in [1.29, 1.82) is 0 Å². The largest absolute Gasteiger partial charge is 0.377 e. The molecule has 0 spiro atoms. The molecule has 1 aromatic carbocycles. The Kier molecular flexibility index (Phi) is 8.27. The molecule has 0 unspecified atom stereocenters. The molecule has 0 bridgehead atoms. The lowest BCUT2D eigenvalue weighted by atomic mass is 10.1. The quantitative estimate of drug-likeness (QED) is 0.549. The van der Waals surface area contributed by atoms with Crippen molar-refractivity contribution < 1.29 is 9.13 Å². The minimum Gasteiger partial charge on any atom is -0.377 e. The molecule has 1 nitrogen and oxygen atoms in total. The average Bonchev–Trinajstić information content (AvgIpc) is 2.35. The predicted octanol–water partition coefficient (Wildman–Crippen LogP) is 5.47. The first kappa shape index (κ1) is 15.6. The van der Waals surface area contributed by atoms with Crippen molar-refractivity contribution in [3.8, 4) is 0 Å². The van der Waals surface area contributed by atoms with Gasteiger partial charge in [0.05, 0.1) is 6.61 Å². The Bertz CT molecular complexity index is 341. The summed E-state index contributed by atoms with van der Waals surface area (Å²) in [7, 11) is 0. The second-order valence-electron chi connectivity index (χ2n) is 4.56. The van der Waals surface area contributed by atoms with Crippen LogP contribution in [0.2, 0.25) is 0 Å². The van der Waals surface area contributed by atoms with Crippen LogP contribution in [0, 0.1) is 5.82 Å². The molecule has 0 aliphatic heterocycles. The minimum atomic E-state index is -0.202. The van der Waals surface area contributed by atoms with Gasteiger partial charge in [-0.2, -0.15) is 0 Å². The van der Waals surface area contributed by atoms with Crippen LogP contribution in [0.25, 0.3) is 0 Å². The highest BCUT2D eigenvalue weighted by atomic mass is 79.9. The lowest BCUT2D eigenvalue weighted by molar-refractivity contribution is 0.114. The summed E-state index contributed by atoms with van der Waals surface area (Å²) in [6, 6.07) is 5.08. The number of benzene rings is 1. The van der Waals surface area contributed by atoms with Crippen molar-refractivity contribution in [1.82, 2.24) is 0 Å². The molecular weight excluding hydrogens is 295 g/mol. The summed E-state index contributed by atoms with van der Waals surface area (Å²) >= 11 is 3.24. The molecule has 0 aliphatic rings. The fraction of sp³-hybridized carbons (Fsp3) is 0.600.